The minimum absolute atomic E-state index is 0.0230. The van der Waals surface area contributed by atoms with Crippen molar-refractivity contribution in [3.8, 4) is 5.75 Å². The first kappa shape index (κ1) is 18.6. The number of carbonyl (C=O) groups is 1. The van der Waals surface area contributed by atoms with Crippen molar-refractivity contribution in [2.45, 2.75) is 33.1 Å². The summed E-state index contributed by atoms with van der Waals surface area (Å²) in [5.74, 6) is 0.794. The van der Waals surface area contributed by atoms with E-state index in [1.165, 1.54) is 5.56 Å². The summed E-state index contributed by atoms with van der Waals surface area (Å²) in [5, 5.41) is 5.49. The van der Waals surface area contributed by atoms with Gasteiger partial charge in [0.1, 0.15) is 5.75 Å². The highest BCUT2D eigenvalue weighted by Crippen LogP contribution is 2.31. The first-order chi connectivity index (χ1) is 11.3. The number of aryl methyl sites for hydroxylation is 1. The first-order valence-corrected chi connectivity index (χ1v) is 8.88. The largest absolute Gasteiger partial charge is 0.473 e. The molecule has 0 saturated heterocycles. The van der Waals surface area contributed by atoms with Crippen LogP contribution >= 0.6 is 22.6 Å². The molecule has 0 aliphatic rings. The van der Waals surface area contributed by atoms with Gasteiger partial charge < -0.3 is 15.4 Å². The number of hydrogen-bond donors (Lipinski definition) is 2. The van der Waals surface area contributed by atoms with E-state index < -0.39 is 0 Å². The van der Waals surface area contributed by atoms with Crippen molar-refractivity contribution in [2.24, 2.45) is 0 Å². The molecule has 2 aromatic carbocycles. The molecule has 0 aromatic heterocycles. The fourth-order valence-corrected chi connectivity index (χ4v) is 2.60. The molecule has 0 unspecified atom stereocenters. The molecule has 2 rings (SSSR count). The Hall–Kier alpha value is -1.76. The summed E-state index contributed by atoms with van der Waals surface area (Å²) in [6, 6.07) is 13.4. The standard InChI is InChI=1S/C19H23IN2O2/c1-13-5-10-17(16(11-13)19(2,3)4)24-12-21-18(23)22-15-8-6-14(20)7-9-15/h5-11H,12H2,1-4H3,(H2,21,22,23). The van der Waals surface area contributed by atoms with Crippen LogP contribution in [0, 0.1) is 10.5 Å². The number of urea groups is 1. The number of rotatable bonds is 4. The van der Waals surface area contributed by atoms with Crippen molar-refractivity contribution in [3.63, 3.8) is 0 Å². The third kappa shape index (κ3) is 5.40. The smallest absolute Gasteiger partial charge is 0.321 e. The van der Waals surface area contributed by atoms with Gasteiger partial charge in [0.2, 0.25) is 0 Å². The fraction of sp³-hybridized carbons (Fsp3) is 0.316. The summed E-state index contributed by atoms with van der Waals surface area (Å²) in [6.45, 7) is 8.61. The summed E-state index contributed by atoms with van der Waals surface area (Å²) >= 11 is 2.22. The molecule has 0 bridgehead atoms. The molecule has 2 N–H and O–H groups in total. The van der Waals surface area contributed by atoms with Crippen LogP contribution in [-0.2, 0) is 5.41 Å². The lowest BCUT2D eigenvalue weighted by molar-refractivity contribution is 0.233. The molecular weight excluding hydrogens is 415 g/mol. The van der Waals surface area contributed by atoms with Gasteiger partial charge in [0.05, 0.1) is 0 Å². The van der Waals surface area contributed by atoms with E-state index in [1.807, 2.05) is 36.4 Å². The maximum absolute atomic E-state index is 11.9. The molecule has 0 aliphatic heterocycles. The second kappa shape index (κ2) is 7.88. The van der Waals surface area contributed by atoms with Crippen LogP contribution in [0.2, 0.25) is 0 Å². The second-order valence-corrected chi connectivity index (χ2v) is 7.92. The zero-order valence-corrected chi connectivity index (χ0v) is 16.6. The van der Waals surface area contributed by atoms with E-state index in [2.05, 4.69) is 67.0 Å². The Bertz CT molecular complexity index is 706. The molecule has 0 saturated carbocycles. The topological polar surface area (TPSA) is 50.4 Å². The molecule has 2 amide bonds. The van der Waals surface area contributed by atoms with Crippen molar-refractivity contribution < 1.29 is 9.53 Å². The van der Waals surface area contributed by atoms with Crippen molar-refractivity contribution in [2.75, 3.05) is 12.0 Å². The zero-order valence-electron chi connectivity index (χ0n) is 14.4. The number of hydrogen-bond acceptors (Lipinski definition) is 2. The lowest BCUT2D eigenvalue weighted by Gasteiger charge is -2.23. The Kier molecular flexibility index (Phi) is 6.10. The molecule has 4 nitrogen and oxygen atoms in total. The predicted octanol–water partition coefficient (Wildman–Crippen LogP) is 5.06. The molecule has 0 fully saturated rings. The summed E-state index contributed by atoms with van der Waals surface area (Å²) in [6.07, 6.45) is 0. The second-order valence-electron chi connectivity index (χ2n) is 6.68. The molecule has 0 aliphatic carbocycles. The Balaban J connectivity index is 1.92. The van der Waals surface area contributed by atoms with Gasteiger partial charge in [0, 0.05) is 9.26 Å². The van der Waals surface area contributed by atoms with Gasteiger partial charge in [-0.1, -0.05) is 38.5 Å². The molecule has 0 radical (unpaired) electrons. The number of ether oxygens (including phenoxy) is 1. The van der Waals surface area contributed by atoms with Crippen LogP contribution in [0.15, 0.2) is 42.5 Å². The van der Waals surface area contributed by atoms with E-state index in [-0.39, 0.29) is 18.2 Å². The molecule has 24 heavy (non-hydrogen) atoms. The van der Waals surface area contributed by atoms with Gasteiger partial charge in [-0.2, -0.15) is 0 Å². The van der Waals surface area contributed by atoms with E-state index >= 15 is 0 Å². The van der Waals surface area contributed by atoms with Crippen molar-refractivity contribution in [1.29, 1.82) is 0 Å². The highest BCUT2D eigenvalue weighted by molar-refractivity contribution is 14.1. The zero-order chi connectivity index (χ0) is 17.7. The third-order valence-electron chi connectivity index (χ3n) is 3.51. The Morgan fingerprint density at radius 3 is 2.42 bits per heavy atom. The normalized spacial score (nSPS) is 11.0. The molecule has 5 heteroatoms. The summed E-state index contributed by atoms with van der Waals surface area (Å²) in [4.78, 5) is 11.9. The number of anilines is 1. The number of amides is 2. The minimum atomic E-state index is -0.291. The van der Waals surface area contributed by atoms with Crippen LogP contribution in [-0.4, -0.2) is 12.8 Å². The van der Waals surface area contributed by atoms with Crippen LogP contribution in [0.3, 0.4) is 0 Å². The fourth-order valence-electron chi connectivity index (χ4n) is 2.24. The molecule has 0 spiro atoms. The van der Waals surface area contributed by atoms with Crippen LogP contribution in [0.25, 0.3) is 0 Å². The maximum atomic E-state index is 11.9. The Labute approximate surface area is 157 Å². The highest BCUT2D eigenvalue weighted by Gasteiger charge is 2.19. The van der Waals surface area contributed by atoms with Crippen LogP contribution in [0.5, 0.6) is 5.75 Å². The average Bonchev–Trinajstić information content (AvgIpc) is 2.50. The van der Waals surface area contributed by atoms with Crippen LogP contribution in [0.1, 0.15) is 31.9 Å². The van der Waals surface area contributed by atoms with Gasteiger partial charge in [0.15, 0.2) is 6.73 Å². The molecule has 2 aromatic rings. The predicted molar refractivity (Wildman–Crippen MR) is 107 cm³/mol. The number of halogens is 1. The van der Waals surface area contributed by atoms with E-state index in [0.717, 1.165) is 20.6 Å². The maximum Gasteiger partial charge on any atom is 0.321 e. The van der Waals surface area contributed by atoms with Crippen molar-refractivity contribution in [1.82, 2.24) is 5.32 Å². The van der Waals surface area contributed by atoms with Crippen molar-refractivity contribution >= 4 is 34.3 Å². The lowest BCUT2D eigenvalue weighted by Crippen LogP contribution is -2.32. The van der Waals surface area contributed by atoms with Crippen LogP contribution in [0.4, 0.5) is 10.5 Å². The van der Waals surface area contributed by atoms with Crippen molar-refractivity contribution in [3.05, 3.63) is 57.2 Å². The van der Waals surface area contributed by atoms with E-state index in [0.29, 0.717) is 0 Å². The summed E-state index contributed by atoms with van der Waals surface area (Å²) in [5.41, 5.74) is 3.04. The van der Waals surface area contributed by atoms with Gasteiger partial charge in [-0.3, -0.25) is 0 Å². The average molecular weight is 438 g/mol. The summed E-state index contributed by atoms with van der Waals surface area (Å²) in [7, 11) is 0. The van der Waals surface area contributed by atoms with E-state index in [1.54, 1.807) is 0 Å². The molecule has 128 valence electrons. The number of benzene rings is 2. The monoisotopic (exact) mass is 438 g/mol. The minimum Gasteiger partial charge on any atom is -0.473 e. The molecule has 0 heterocycles. The van der Waals surface area contributed by atoms with Gasteiger partial charge in [-0.15, -0.1) is 0 Å². The highest BCUT2D eigenvalue weighted by atomic mass is 127. The van der Waals surface area contributed by atoms with Gasteiger partial charge >= 0.3 is 6.03 Å². The van der Waals surface area contributed by atoms with Gasteiger partial charge in [-0.05, 0) is 70.8 Å². The lowest BCUT2D eigenvalue weighted by atomic mass is 9.85. The summed E-state index contributed by atoms with van der Waals surface area (Å²) < 4.78 is 6.89. The van der Waals surface area contributed by atoms with E-state index in [9.17, 15) is 4.79 Å². The van der Waals surface area contributed by atoms with Gasteiger partial charge in [0.25, 0.3) is 0 Å². The quantitative estimate of drug-likeness (QED) is 0.518. The third-order valence-corrected chi connectivity index (χ3v) is 4.22. The Morgan fingerprint density at radius 2 is 1.79 bits per heavy atom. The Morgan fingerprint density at radius 1 is 1.12 bits per heavy atom. The number of carbonyl (C=O) groups excluding carboxylic acids is 1. The molecule has 0 atom stereocenters. The SMILES string of the molecule is Cc1ccc(OCNC(=O)Nc2ccc(I)cc2)c(C(C)(C)C)c1. The molecular formula is C19H23IN2O2. The van der Waals surface area contributed by atoms with E-state index in [4.69, 9.17) is 4.74 Å². The van der Waals surface area contributed by atoms with Gasteiger partial charge in [-0.25, -0.2) is 4.79 Å². The van der Waals surface area contributed by atoms with Crippen LogP contribution < -0.4 is 15.4 Å². The number of nitrogens with one attached hydrogen (secondary N) is 2. The first-order valence-electron chi connectivity index (χ1n) is 7.80.